The summed E-state index contributed by atoms with van der Waals surface area (Å²) in [5.41, 5.74) is -1.64. The van der Waals surface area contributed by atoms with Gasteiger partial charge in [-0.1, -0.05) is 17.7 Å². The van der Waals surface area contributed by atoms with Gasteiger partial charge >= 0.3 is 11.6 Å². The van der Waals surface area contributed by atoms with Crippen molar-refractivity contribution in [2.24, 2.45) is 0 Å². The molecule has 2 aromatic heterocycles. The van der Waals surface area contributed by atoms with Crippen LogP contribution in [0.2, 0.25) is 5.02 Å². The zero-order valence-corrected chi connectivity index (χ0v) is 27.2. The molecular weight excluding hydrogens is 652 g/mol. The number of anilines is 1. The van der Waals surface area contributed by atoms with Gasteiger partial charge in [0, 0.05) is 18.9 Å². The van der Waals surface area contributed by atoms with Crippen LogP contribution in [0.5, 0.6) is 23.0 Å². The molecule has 15 heteroatoms. The molecule has 1 amide bonds. The molecular formula is C33H33ClN2O12. The normalized spacial score (nSPS) is 20.5. The van der Waals surface area contributed by atoms with Crippen LogP contribution < -0.4 is 20.4 Å². The molecule has 254 valence electrons. The highest BCUT2D eigenvalue weighted by Crippen LogP contribution is 2.41. The summed E-state index contributed by atoms with van der Waals surface area (Å²) in [7, 11) is 2.77. The molecule has 4 atom stereocenters. The lowest BCUT2D eigenvalue weighted by Gasteiger charge is -2.47. The quantitative estimate of drug-likeness (QED) is 0.0954. The Balaban J connectivity index is 1.37. The van der Waals surface area contributed by atoms with Gasteiger partial charge in [0.1, 0.15) is 22.6 Å². The van der Waals surface area contributed by atoms with Gasteiger partial charge in [0.2, 0.25) is 12.2 Å². The molecule has 0 bridgehead atoms. The number of aromatic nitrogens is 1. The van der Waals surface area contributed by atoms with Crippen LogP contribution in [0.15, 0.2) is 57.8 Å². The highest BCUT2D eigenvalue weighted by molar-refractivity contribution is 6.36. The molecule has 1 aliphatic heterocycles. The van der Waals surface area contributed by atoms with Crippen molar-refractivity contribution in [2.45, 2.75) is 51.0 Å². The minimum Gasteiger partial charge on any atom is -0.505 e. The number of aliphatic hydroxyl groups is 1. The van der Waals surface area contributed by atoms with E-state index in [1.165, 1.54) is 50.6 Å². The Morgan fingerprint density at radius 1 is 1.08 bits per heavy atom. The minimum absolute atomic E-state index is 0.0348. The fourth-order valence-corrected chi connectivity index (χ4v) is 5.53. The summed E-state index contributed by atoms with van der Waals surface area (Å²) in [5.74, 6) is -2.10. The number of ether oxygens (including phenoxy) is 5. The first kappa shape index (κ1) is 34.3. The number of aryl methyl sites for hydroxylation is 1. The van der Waals surface area contributed by atoms with Gasteiger partial charge in [0.15, 0.2) is 40.7 Å². The third kappa shape index (κ3) is 6.82. The lowest BCUT2D eigenvalue weighted by Crippen LogP contribution is -2.65. The first-order valence-corrected chi connectivity index (χ1v) is 14.9. The Morgan fingerprint density at radius 2 is 1.83 bits per heavy atom. The number of carbonyl (C=O) groups excluding carboxylic acids is 2. The second kappa shape index (κ2) is 13.6. The molecule has 14 nitrogen and oxygen atoms in total. The predicted octanol–water partition coefficient (Wildman–Crippen LogP) is 4.27. The molecule has 1 aliphatic rings. The standard InChI is InChI=1S/C33H33ClN2O12/c1-15-6-10-18(35-15)30(41)47-28-26(40)32(48-33(2,3)29(28)44-5)45-20-12-9-17-25(39)24(31(42)46-27(17)23(20)34)36-22(38)13-8-16-7-11-19(37)21(14-16)43-4/h6-14,26,28-29,32,35,37,39-40H,1-5H3,(H,36,38)/b13-8+/t26-,28+,29-,32-/m1/s1. The third-order valence-corrected chi connectivity index (χ3v) is 8.00. The van der Waals surface area contributed by atoms with Crippen LogP contribution in [0.25, 0.3) is 17.0 Å². The molecule has 0 radical (unpaired) electrons. The van der Waals surface area contributed by atoms with Crippen LogP contribution in [0.3, 0.4) is 0 Å². The molecule has 1 fully saturated rings. The van der Waals surface area contributed by atoms with Crippen molar-refractivity contribution in [3.8, 4) is 23.0 Å². The molecule has 0 saturated carbocycles. The van der Waals surface area contributed by atoms with Crippen LogP contribution in [0.1, 0.15) is 35.6 Å². The fourth-order valence-electron chi connectivity index (χ4n) is 5.28. The summed E-state index contributed by atoms with van der Waals surface area (Å²) in [6.07, 6.45) is -2.64. The largest absolute Gasteiger partial charge is 0.505 e. The van der Waals surface area contributed by atoms with Crippen molar-refractivity contribution in [3.05, 3.63) is 80.9 Å². The number of nitrogens with one attached hydrogen (secondary N) is 2. The number of hydrogen-bond acceptors (Lipinski definition) is 12. The summed E-state index contributed by atoms with van der Waals surface area (Å²) in [4.78, 5) is 41.2. The molecule has 5 rings (SSSR count). The average Bonchev–Trinajstić information content (AvgIpc) is 3.48. The van der Waals surface area contributed by atoms with E-state index in [4.69, 9.17) is 39.7 Å². The number of halogens is 1. The summed E-state index contributed by atoms with van der Waals surface area (Å²) < 4.78 is 33.5. The maximum absolute atomic E-state index is 12.9. The van der Waals surface area contributed by atoms with Crippen LogP contribution in [0, 0.1) is 6.92 Å². The highest BCUT2D eigenvalue weighted by Gasteiger charge is 2.53. The molecule has 2 aromatic carbocycles. The molecule has 0 unspecified atom stereocenters. The van der Waals surface area contributed by atoms with E-state index in [1.807, 2.05) is 0 Å². The molecule has 5 N–H and O–H groups in total. The van der Waals surface area contributed by atoms with Gasteiger partial charge in [-0.2, -0.15) is 0 Å². The van der Waals surface area contributed by atoms with Gasteiger partial charge in [-0.25, -0.2) is 9.59 Å². The fraction of sp³-hybridized carbons (Fsp3) is 0.303. The summed E-state index contributed by atoms with van der Waals surface area (Å²) >= 11 is 6.55. The number of phenolic OH excluding ortho intramolecular Hbond substituents is 1. The van der Waals surface area contributed by atoms with Gasteiger partial charge in [-0.3, -0.25) is 4.79 Å². The monoisotopic (exact) mass is 684 g/mol. The second-order valence-electron chi connectivity index (χ2n) is 11.4. The first-order valence-electron chi connectivity index (χ1n) is 14.5. The van der Waals surface area contributed by atoms with E-state index < -0.39 is 59.1 Å². The Morgan fingerprint density at radius 3 is 2.50 bits per heavy atom. The molecule has 4 aromatic rings. The van der Waals surface area contributed by atoms with Gasteiger partial charge < -0.3 is 53.7 Å². The predicted molar refractivity (Wildman–Crippen MR) is 173 cm³/mol. The number of amides is 1. The van der Waals surface area contributed by atoms with Crippen molar-refractivity contribution in [1.29, 1.82) is 0 Å². The number of hydrogen-bond donors (Lipinski definition) is 5. The van der Waals surface area contributed by atoms with Crippen LogP contribution >= 0.6 is 11.6 Å². The number of aromatic hydroxyl groups is 2. The summed E-state index contributed by atoms with van der Waals surface area (Å²) in [6, 6.07) is 10.3. The Hall–Kier alpha value is -5.02. The van der Waals surface area contributed by atoms with Crippen molar-refractivity contribution in [1.82, 2.24) is 4.98 Å². The first-order chi connectivity index (χ1) is 22.7. The number of carbonyl (C=O) groups is 2. The van der Waals surface area contributed by atoms with Crippen molar-refractivity contribution >= 4 is 46.2 Å². The second-order valence-corrected chi connectivity index (χ2v) is 11.8. The van der Waals surface area contributed by atoms with E-state index >= 15 is 0 Å². The van der Waals surface area contributed by atoms with Gasteiger partial charge in [-0.05, 0) is 68.8 Å². The zero-order chi connectivity index (χ0) is 34.9. The number of methoxy groups -OCH3 is 2. The number of rotatable bonds is 9. The lowest BCUT2D eigenvalue weighted by atomic mass is 9.89. The molecule has 48 heavy (non-hydrogen) atoms. The van der Waals surface area contributed by atoms with E-state index in [0.29, 0.717) is 5.56 Å². The topological polar surface area (TPSA) is 199 Å². The van der Waals surface area contributed by atoms with E-state index in [0.717, 1.165) is 11.8 Å². The Labute approximate surface area is 278 Å². The molecule has 1 saturated heterocycles. The van der Waals surface area contributed by atoms with E-state index in [2.05, 4.69) is 10.3 Å². The van der Waals surface area contributed by atoms with E-state index in [-0.39, 0.29) is 38.9 Å². The SMILES string of the molecule is COc1cc(/C=C/C(=O)Nc2c(O)c3ccc(O[C@@H]4OC(C)(C)[C@H](OC)[C@@H](OC(=O)c5ccc(C)[nH]5)[C@H]4O)c(Cl)c3oc2=O)ccc1O. The minimum atomic E-state index is -1.57. The van der Waals surface area contributed by atoms with Crippen LogP contribution in [-0.4, -0.2) is 76.6 Å². The third-order valence-electron chi connectivity index (χ3n) is 7.64. The molecule has 0 spiro atoms. The number of fused-ring (bicyclic) bond motifs is 1. The number of benzene rings is 2. The van der Waals surface area contributed by atoms with Gasteiger partial charge in [-0.15, -0.1) is 0 Å². The van der Waals surface area contributed by atoms with Gasteiger partial charge in [0.25, 0.3) is 0 Å². The molecule has 3 heterocycles. The average molecular weight is 685 g/mol. The maximum atomic E-state index is 12.9. The molecule has 0 aliphatic carbocycles. The number of aromatic amines is 1. The summed E-state index contributed by atoms with van der Waals surface area (Å²) in [6.45, 7) is 5.09. The Bertz CT molecular complexity index is 1950. The zero-order valence-electron chi connectivity index (χ0n) is 26.4. The van der Waals surface area contributed by atoms with Crippen molar-refractivity contribution < 1.29 is 53.0 Å². The van der Waals surface area contributed by atoms with Crippen LogP contribution in [-0.2, 0) is 19.0 Å². The van der Waals surface area contributed by atoms with Gasteiger partial charge in [0.05, 0.1) is 18.1 Å². The summed E-state index contributed by atoms with van der Waals surface area (Å²) in [5, 5.41) is 33.9. The Kier molecular flexibility index (Phi) is 9.73. The highest BCUT2D eigenvalue weighted by atomic mass is 35.5. The smallest absolute Gasteiger partial charge is 0.364 e. The van der Waals surface area contributed by atoms with Crippen molar-refractivity contribution in [3.63, 3.8) is 0 Å². The van der Waals surface area contributed by atoms with E-state index in [1.54, 1.807) is 32.9 Å². The van der Waals surface area contributed by atoms with Crippen molar-refractivity contribution in [2.75, 3.05) is 19.5 Å². The van der Waals surface area contributed by atoms with Crippen LogP contribution in [0.4, 0.5) is 5.69 Å². The lowest BCUT2D eigenvalue weighted by molar-refractivity contribution is -0.305. The maximum Gasteiger partial charge on any atom is 0.364 e. The van der Waals surface area contributed by atoms with E-state index in [9.17, 15) is 29.7 Å². The number of H-pyrrole nitrogens is 1. The number of aliphatic hydroxyl groups excluding tert-OH is 1. The number of esters is 1. The number of phenols is 1.